The summed E-state index contributed by atoms with van der Waals surface area (Å²) in [5, 5.41) is 6.49. The second kappa shape index (κ2) is 14.1. The molecule has 0 aliphatic rings. The van der Waals surface area contributed by atoms with Gasteiger partial charge in [-0.15, -0.1) is 23.2 Å². The van der Waals surface area contributed by atoms with Crippen molar-refractivity contribution in [2.24, 2.45) is 4.99 Å². The first-order chi connectivity index (χ1) is 7.00. The van der Waals surface area contributed by atoms with E-state index in [9.17, 15) is 4.21 Å². The van der Waals surface area contributed by atoms with E-state index >= 15 is 0 Å². The van der Waals surface area contributed by atoms with Crippen LogP contribution >= 0.6 is 23.2 Å². The van der Waals surface area contributed by atoms with Gasteiger partial charge >= 0.3 is 0 Å². The summed E-state index contributed by atoms with van der Waals surface area (Å²) in [6.45, 7) is 0.693. The monoisotopic (exact) mass is 272 g/mol. The number of hydrogen-bond acceptors (Lipinski definition) is 3. The van der Waals surface area contributed by atoms with E-state index in [0.717, 1.165) is 25.7 Å². The first-order valence-electron chi connectivity index (χ1n) is 4.62. The standard InChI is InChI=1S/C7H12Cl2N2.C2H6OS/c8-7(9)4-2-1-3-5-11-6-10;1-4(2)3/h7,10H,1-5H2;1-2H3. The number of hydrogen-bond donors (Lipinski definition) is 1. The lowest BCUT2D eigenvalue weighted by Crippen LogP contribution is -1.87. The Balaban J connectivity index is 0. The van der Waals surface area contributed by atoms with Crippen LogP contribution in [-0.2, 0) is 10.8 Å². The topological polar surface area (TPSA) is 53.3 Å². The maximum atomic E-state index is 9.56. The van der Waals surface area contributed by atoms with Gasteiger partial charge in [0, 0.05) is 29.9 Å². The van der Waals surface area contributed by atoms with E-state index in [4.69, 9.17) is 28.6 Å². The van der Waals surface area contributed by atoms with Gasteiger partial charge in [0.2, 0.25) is 0 Å². The van der Waals surface area contributed by atoms with Crippen molar-refractivity contribution >= 4 is 40.0 Å². The molecule has 0 atom stereocenters. The number of alkyl halides is 2. The molecule has 0 saturated heterocycles. The highest BCUT2D eigenvalue weighted by molar-refractivity contribution is 7.83. The largest absolute Gasteiger partial charge is 0.260 e. The molecule has 1 N–H and O–H groups in total. The van der Waals surface area contributed by atoms with Gasteiger partial charge in [-0.1, -0.05) is 12.8 Å². The molecule has 0 fully saturated rings. The molecular formula is C9H18Cl2N2OS. The third-order valence-corrected chi connectivity index (χ3v) is 1.71. The van der Waals surface area contributed by atoms with Crippen LogP contribution in [0.1, 0.15) is 25.7 Å². The first-order valence-corrected chi connectivity index (χ1v) is 7.46. The van der Waals surface area contributed by atoms with Crippen LogP contribution < -0.4 is 0 Å². The molecule has 0 aliphatic heterocycles. The fourth-order valence-corrected chi connectivity index (χ4v) is 1.03. The first kappa shape index (κ1) is 17.5. The minimum Gasteiger partial charge on any atom is -0.260 e. The molecule has 0 bridgehead atoms. The summed E-state index contributed by atoms with van der Waals surface area (Å²) in [4.78, 5) is 3.40. The fraction of sp³-hybridized carbons (Fsp3) is 0.889. The summed E-state index contributed by atoms with van der Waals surface area (Å²) >= 11 is 11.0. The van der Waals surface area contributed by atoms with Gasteiger partial charge < -0.3 is 0 Å². The van der Waals surface area contributed by atoms with Crippen molar-refractivity contribution in [3.05, 3.63) is 0 Å². The average Bonchev–Trinajstić information content (AvgIpc) is 2.09. The predicted molar refractivity (Wildman–Crippen MR) is 69.0 cm³/mol. The molecule has 0 aliphatic carbocycles. The second-order valence-electron chi connectivity index (χ2n) is 2.98. The molecular weight excluding hydrogens is 255 g/mol. The van der Waals surface area contributed by atoms with Gasteiger partial charge in [0.05, 0.1) is 6.01 Å². The summed E-state index contributed by atoms with van der Waals surface area (Å²) in [6, 6.07) is 1.99. The summed E-state index contributed by atoms with van der Waals surface area (Å²) in [6.07, 6.45) is 7.22. The van der Waals surface area contributed by atoms with Gasteiger partial charge in [-0.05, 0) is 12.8 Å². The highest BCUT2D eigenvalue weighted by Gasteiger charge is 1.96. The maximum absolute atomic E-state index is 9.56. The van der Waals surface area contributed by atoms with Crippen LogP contribution in [0.5, 0.6) is 0 Å². The van der Waals surface area contributed by atoms with Crippen LogP contribution in [0.25, 0.3) is 0 Å². The number of unbranched alkanes of at least 4 members (excludes halogenated alkanes) is 2. The van der Waals surface area contributed by atoms with Crippen molar-refractivity contribution in [1.29, 1.82) is 5.41 Å². The van der Waals surface area contributed by atoms with Gasteiger partial charge in [0.15, 0.2) is 0 Å². The smallest absolute Gasteiger partial charge is 0.107 e. The minimum atomic E-state index is -0.611. The average molecular weight is 273 g/mol. The Morgan fingerprint density at radius 2 is 1.87 bits per heavy atom. The molecule has 90 valence electrons. The number of nitrogens with one attached hydrogen (secondary N) is 1. The number of halogens is 2. The highest BCUT2D eigenvalue weighted by Crippen LogP contribution is 2.11. The van der Waals surface area contributed by atoms with Crippen molar-refractivity contribution < 1.29 is 4.21 Å². The van der Waals surface area contributed by atoms with Crippen molar-refractivity contribution in [1.82, 2.24) is 0 Å². The Hall–Kier alpha value is 0.110. The van der Waals surface area contributed by atoms with Crippen molar-refractivity contribution in [2.75, 3.05) is 19.1 Å². The fourth-order valence-electron chi connectivity index (χ4n) is 0.722. The maximum Gasteiger partial charge on any atom is 0.107 e. The van der Waals surface area contributed by atoms with E-state index in [0.29, 0.717) is 6.54 Å². The Morgan fingerprint density at radius 1 is 1.33 bits per heavy atom. The summed E-state index contributed by atoms with van der Waals surface area (Å²) in [5.74, 6) is 0. The normalized spacial score (nSPS) is 9.47. The lowest BCUT2D eigenvalue weighted by Gasteiger charge is -1.98. The lowest BCUT2D eigenvalue weighted by molar-refractivity contribution is 0.668. The van der Waals surface area contributed by atoms with Crippen LogP contribution in [0.15, 0.2) is 4.99 Å². The Morgan fingerprint density at radius 3 is 2.27 bits per heavy atom. The molecule has 0 heterocycles. The second-order valence-corrected chi connectivity index (χ2v) is 5.74. The molecule has 6 heteroatoms. The van der Waals surface area contributed by atoms with Crippen LogP contribution in [0.3, 0.4) is 0 Å². The lowest BCUT2D eigenvalue weighted by atomic mass is 10.2. The Labute approximate surface area is 104 Å². The van der Waals surface area contributed by atoms with Crippen molar-refractivity contribution in [3.8, 4) is 0 Å². The van der Waals surface area contributed by atoms with Gasteiger partial charge in [-0.2, -0.15) is 0 Å². The molecule has 0 aromatic heterocycles. The number of rotatable bonds is 6. The van der Waals surface area contributed by atoms with E-state index in [1.54, 1.807) is 12.5 Å². The van der Waals surface area contributed by atoms with Crippen molar-refractivity contribution in [3.63, 3.8) is 0 Å². The van der Waals surface area contributed by atoms with Crippen LogP contribution in [0.2, 0.25) is 0 Å². The summed E-state index contributed by atoms with van der Waals surface area (Å²) < 4.78 is 9.56. The molecule has 0 unspecified atom stereocenters. The van der Waals surface area contributed by atoms with E-state index in [1.165, 1.54) is 0 Å². The van der Waals surface area contributed by atoms with E-state index in [1.807, 2.05) is 6.01 Å². The Bertz CT molecular complexity index is 202. The zero-order chi connectivity index (χ0) is 12.1. The van der Waals surface area contributed by atoms with Gasteiger partial charge in [-0.25, -0.2) is 10.4 Å². The molecule has 0 spiro atoms. The van der Waals surface area contributed by atoms with Gasteiger partial charge in [-0.3, -0.25) is 4.21 Å². The van der Waals surface area contributed by atoms with Gasteiger partial charge in [0.25, 0.3) is 0 Å². The molecule has 3 nitrogen and oxygen atoms in total. The molecule has 15 heavy (non-hydrogen) atoms. The van der Waals surface area contributed by atoms with Crippen LogP contribution in [0, 0.1) is 5.41 Å². The van der Waals surface area contributed by atoms with E-state index < -0.39 is 10.8 Å². The Kier molecular flexibility index (Phi) is 16.5. The van der Waals surface area contributed by atoms with Crippen LogP contribution in [0.4, 0.5) is 0 Å². The minimum absolute atomic E-state index is 0.235. The molecule has 0 radical (unpaired) electrons. The quantitative estimate of drug-likeness (QED) is 0.451. The molecule has 0 aromatic carbocycles. The SMILES string of the molecule is CS(C)=O.N=C=NCCCCCC(Cl)Cl. The van der Waals surface area contributed by atoms with E-state index in [2.05, 4.69) is 4.99 Å². The molecule has 0 aromatic rings. The summed E-state index contributed by atoms with van der Waals surface area (Å²) in [5.41, 5.74) is 0. The number of aliphatic imine (C=N–C) groups is 1. The third kappa shape index (κ3) is 31.5. The molecule has 0 rings (SSSR count). The van der Waals surface area contributed by atoms with Crippen molar-refractivity contribution in [2.45, 2.75) is 30.5 Å². The highest BCUT2D eigenvalue weighted by atomic mass is 35.5. The third-order valence-electron chi connectivity index (χ3n) is 1.27. The molecule has 0 saturated carbocycles. The van der Waals surface area contributed by atoms with E-state index in [-0.39, 0.29) is 4.84 Å². The molecule has 0 amide bonds. The zero-order valence-corrected chi connectivity index (χ0v) is 11.5. The van der Waals surface area contributed by atoms with Crippen LogP contribution in [-0.4, -0.2) is 34.1 Å². The number of nitrogens with zero attached hydrogens (tertiary/aromatic N) is 1. The zero-order valence-electron chi connectivity index (χ0n) is 9.13. The van der Waals surface area contributed by atoms with Gasteiger partial charge in [0.1, 0.15) is 4.84 Å². The predicted octanol–water partition coefficient (Wildman–Crippen LogP) is 3.10. The summed E-state index contributed by atoms with van der Waals surface area (Å²) in [7, 11) is -0.611.